The van der Waals surface area contributed by atoms with Gasteiger partial charge in [0.1, 0.15) is 5.60 Å². The molecule has 0 aliphatic heterocycles. The maximum atomic E-state index is 12.5. The largest absolute Gasteiger partial charge is 0.478 e. The highest BCUT2D eigenvalue weighted by molar-refractivity contribution is 6.06. The molecule has 0 unspecified atom stereocenters. The second-order valence-corrected chi connectivity index (χ2v) is 6.07. The third kappa shape index (κ3) is 9.53. The van der Waals surface area contributed by atoms with Crippen LogP contribution in [0, 0.1) is 0 Å². The average molecular weight is 379 g/mol. The molecule has 0 saturated carbocycles. The lowest BCUT2D eigenvalue weighted by Crippen LogP contribution is -2.34. The van der Waals surface area contributed by atoms with Gasteiger partial charge in [-0.05, 0) is 37.8 Å². The molecule has 0 radical (unpaired) electrons. The van der Waals surface area contributed by atoms with E-state index in [9.17, 15) is 19.2 Å². The predicted molar refractivity (Wildman–Crippen MR) is 102 cm³/mol. The molecule has 150 valence electrons. The van der Waals surface area contributed by atoms with Crippen molar-refractivity contribution < 1.29 is 29.0 Å². The van der Waals surface area contributed by atoms with Gasteiger partial charge < -0.3 is 9.84 Å². The van der Waals surface area contributed by atoms with Gasteiger partial charge in [-0.3, -0.25) is 14.9 Å². The Morgan fingerprint density at radius 1 is 1.04 bits per heavy atom. The summed E-state index contributed by atoms with van der Waals surface area (Å²) in [6.45, 7) is 9.11. The Balaban J connectivity index is 5.36. The lowest BCUT2D eigenvalue weighted by atomic mass is 9.90. The molecule has 0 fully saturated rings. The van der Waals surface area contributed by atoms with Crippen molar-refractivity contribution in [2.45, 2.75) is 64.9 Å². The third-order valence-corrected chi connectivity index (χ3v) is 4.19. The molecular weight excluding hydrogens is 350 g/mol. The number of carboxylic acids is 1. The lowest BCUT2D eigenvalue weighted by Gasteiger charge is -2.32. The summed E-state index contributed by atoms with van der Waals surface area (Å²) in [5.41, 5.74) is -0.968. The number of nitrogens with one attached hydrogen (secondary N) is 1. The van der Waals surface area contributed by atoms with Gasteiger partial charge in [-0.15, -0.1) is 0 Å². The van der Waals surface area contributed by atoms with Crippen LogP contribution in [0.2, 0.25) is 0 Å². The predicted octanol–water partition coefficient (Wildman–Crippen LogP) is 3.06. The fourth-order valence-corrected chi connectivity index (χ4v) is 2.44. The molecule has 0 aromatic carbocycles. The molecule has 0 aromatic rings. The molecule has 27 heavy (non-hydrogen) atoms. The summed E-state index contributed by atoms with van der Waals surface area (Å²) in [6, 6.07) is 0. The number of aliphatic carboxylic acids is 1. The van der Waals surface area contributed by atoms with E-state index >= 15 is 0 Å². The van der Waals surface area contributed by atoms with Crippen LogP contribution in [0.4, 0.5) is 0 Å². The Labute approximate surface area is 160 Å². The Hall–Kier alpha value is -2.70. The molecule has 0 aliphatic carbocycles. The van der Waals surface area contributed by atoms with Crippen molar-refractivity contribution in [1.82, 2.24) is 5.32 Å². The monoisotopic (exact) mass is 379 g/mol. The number of carboxylic acid groups (broad SMARTS) is 1. The van der Waals surface area contributed by atoms with Crippen LogP contribution < -0.4 is 5.32 Å². The molecule has 7 nitrogen and oxygen atoms in total. The van der Waals surface area contributed by atoms with Gasteiger partial charge in [0.2, 0.25) is 5.91 Å². The number of hydrogen-bond acceptors (Lipinski definition) is 5. The first kappa shape index (κ1) is 24.3. The number of rotatable bonds is 12. The Kier molecular flexibility index (Phi) is 11.4. The summed E-state index contributed by atoms with van der Waals surface area (Å²) < 4.78 is 5.64. The minimum atomic E-state index is -1.35. The topological polar surface area (TPSA) is 110 Å². The number of hydrogen-bond donors (Lipinski definition) is 2. The molecule has 0 bridgehead atoms. The maximum absolute atomic E-state index is 12.5. The van der Waals surface area contributed by atoms with E-state index < -0.39 is 29.4 Å². The third-order valence-electron chi connectivity index (χ3n) is 4.19. The standard InChI is InChI=1S/C20H29NO6/c1-5-9-10-13-20(7-3,8-4)27-19(26)15(14-18(24)25)11-12-17(23)21-16(22)6-2/h6,11-12,14H,2,5,7-10,13H2,1,3-4H3,(H,24,25)(H,21,22,23)/b12-11?,15-14+. The van der Waals surface area contributed by atoms with Crippen molar-refractivity contribution in [1.29, 1.82) is 0 Å². The SMILES string of the molecule is C=CC(=O)NC(=O)C=C/C(=C\C(=O)O)C(=O)OC(CC)(CC)CCCCC. The molecule has 0 aliphatic rings. The minimum absolute atomic E-state index is 0.287. The van der Waals surface area contributed by atoms with Gasteiger partial charge in [-0.2, -0.15) is 0 Å². The Morgan fingerprint density at radius 2 is 1.67 bits per heavy atom. The zero-order valence-corrected chi connectivity index (χ0v) is 16.2. The first-order chi connectivity index (χ1) is 12.7. The van der Waals surface area contributed by atoms with E-state index in [2.05, 4.69) is 13.5 Å². The zero-order valence-electron chi connectivity index (χ0n) is 16.2. The smallest absolute Gasteiger partial charge is 0.338 e. The van der Waals surface area contributed by atoms with Crippen molar-refractivity contribution >= 4 is 23.8 Å². The Bertz CT molecular complexity index is 614. The van der Waals surface area contributed by atoms with Gasteiger partial charge in [0.05, 0.1) is 5.57 Å². The molecule has 2 N–H and O–H groups in total. The van der Waals surface area contributed by atoms with Gasteiger partial charge in [0.15, 0.2) is 0 Å². The van der Waals surface area contributed by atoms with E-state index in [1.165, 1.54) is 0 Å². The maximum Gasteiger partial charge on any atom is 0.338 e. The van der Waals surface area contributed by atoms with Gasteiger partial charge in [0, 0.05) is 12.2 Å². The van der Waals surface area contributed by atoms with E-state index in [0.29, 0.717) is 25.3 Å². The first-order valence-electron chi connectivity index (χ1n) is 9.07. The average Bonchev–Trinajstić information content (AvgIpc) is 2.63. The van der Waals surface area contributed by atoms with E-state index in [4.69, 9.17) is 9.84 Å². The van der Waals surface area contributed by atoms with Crippen LogP contribution in [0.15, 0.2) is 36.5 Å². The number of carbonyl (C=O) groups is 4. The summed E-state index contributed by atoms with van der Waals surface area (Å²) >= 11 is 0. The molecule has 0 aromatic heterocycles. The van der Waals surface area contributed by atoms with Crippen molar-refractivity contribution in [2.24, 2.45) is 0 Å². The summed E-state index contributed by atoms with van der Waals surface area (Å²) in [7, 11) is 0. The van der Waals surface area contributed by atoms with Crippen molar-refractivity contribution in [3.8, 4) is 0 Å². The van der Waals surface area contributed by atoms with Gasteiger partial charge >= 0.3 is 11.9 Å². The number of unbranched alkanes of at least 4 members (excludes halogenated alkanes) is 2. The van der Waals surface area contributed by atoms with Crippen molar-refractivity contribution in [3.63, 3.8) is 0 Å². The van der Waals surface area contributed by atoms with Gasteiger partial charge in [0.25, 0.3) is 5.91 Å². The van der Waals surface area contributed by atoms with Crippen LogP contribution in [0.3, 0.4) is 0 Å². The summed E-state index contributed by atoms with van der Waals surface area (Å²) in [5, 5.41) is 11.0. The Morgan fingerprint density at radius 3 is 2.15 bits per heavy atom. The number of esters is 1. The molecule has 7 heteroatoms. The quantitative estimate of drug-likeness (QED) is 0.233. The fraction of sp³-hybridized carbons (Fsp3) is 0.500. The van der Waals surface area contributed by atoms with E-state index in [-0.39, 0.29) is 5.57 Å². The molecule has 0 spiro atoms. The van der Waals surface area contributed by atoms with Crippen LogP contribution >= 0.6 is 0 Å². The van der Waals surface area contributed by atoms with Crippen molar-refractivity contribution in [2.75, 3.05) is 0 Å². The number of amides is 2. The number of carbonyl (C=O) groups excluding carboxylic acids is 3. The fourth-order valence-electron chi connectivity index (χ4n) is 2.44. The van der Waals surface area contributed by atoms with Crippen LogP contribution in [0.1, 0.15) is 59.3 Å². The minimum Gasteiger partial charge on any atom is -0.478 e. The number of imide groups is 1. The summed E-state index contributed by atoms with van der Waals surface area (Å²) in [4.78, 5) is 46.2. The second-order valence-electron chi connectivity index (χ2n) is 6.07. The summed E-state index contributed by atoms with van der Waals surface area (Å²) in [6.07, 6.45) is 8.30. The van der Waals surface area contributed by atoms with Crippen LogP contribution in [-0.4, -0.2) is 34.5 Å². The van der Waals surface area contributed by atoms with Crippen LogP contribution in [-0.2, 0) is 23.9 Å². The lowest BCUT2D eigenvalue weighted by molar-refractivity contribution is -0.156. The van der Waals surface area contributed by atoms with E-state index in [0.717, 1.165) is 37.5 Å². The number of ether oxygens (including phenoxy) is 1. The van der Waals surface area contributed by atoms with Crippen LogP contribution in [0.5, 0.6) is 0 Å². The normalized spacial score (nSPS) is 11.9. The highest BCUT2D eigenvalue weighted by atomic mass is 16.6. The second kappa shape index (κ2) is 12.6. The zero-order chi connectivity index (χ0) is 20.9. The summed E-state index contributed by atoms with van der Waals surface area (Å²) in [5.74, 6) is -3.68. The first-order valence-corrected chi connectivity index (χ1v) is 9.07. The van der Waals surface area contributed by atoms with Gasteiger partial charge in [-0.25, -0.2) is 9.59 Å². The molecule has 0 saturated heterocycles. The molecular formula is C20H29NO6. The molecule has 2 amide bonds. The highest BCUT2D eigenvalue weighted by Crippen LogP contribution is 2.28. The highest BCUT2D eigenvalue weighted by Gasteiger charge is 2.31. The molecule has 0 rings (SSSR count). The van der Waals surface area contributed by atoms with E-state index in [1.54, 1.807) is 0 Å². The van der Waals surface area contributed by atoms with Crippen molar-refractivity contribution in [3.05, 3.63) is 36.5 Å². The van der Waals surface area contributed by atoms with Crippen LogP contribution in [0.25, 0.3) is 0 Å². The van der Waals surface area contributed by atoms with E-state index in [1.807, 2.05) is 19.2 Å². The molecule has 0 atom stereocenters. The molecule has 0 heterocycles. The van der Waals surface area contributed by atoms with Gasteiger partial charge in [-0.1, -0.05) is 40.2 Å².